The molecule has 1 saturated heterocycles. The van der Waals surface area contributed by atoms with Gasteiger partial charge >= 0.3 is 6.09 Å². The van der Waals surface area contributed by atoms with Gasteiger partial charge in [0.1, 0.15) is 0 Å². The second kappa shape index (κ2) is 2.36. The lowest BCUT2D eigenvalue weighted by molar-refractivity contribution is -0.117. The number of carbonyl (C=O) groups excluding carboxylic acids is 1. The van der Waals surface area contributed by atoms with Gasteiger partial charge < -0.3 is 14.7 Å². The number of hydrogen-bond acceptors (Lipinski definition) is 3. The third kappa shape index (κ3) is 0.982. The van der Waals surface area contributed by atoms with Crippen LogP contribution in [0.3, 0.4) is 0 Å². The molecule has 2 fully saturated rings. The standard InChI is InChI=1S/C8H13NO3/c1-12-7(11)9-4-8(5-9)2-6(10)3-8/h6,10H,2-5H2,1H3. The predicted molar refractivity (Wildman–Crippen MR) is 41.7 cm³/mol. The van der Waals surface area contributed by atoms with Crippen molar-refractivity contribution in [3.8, 4) is 0 Å². The summed E-state index contributed by atoms with van der Waals surface area (Å²) in [5.41, 5.74) is 0.244. The summed E-state index contributed by atoms with van der Waals surface area (Å²) in [7, 11) is 1.39. The molecule has 12 heavy (non-hydrogen) atoms. The van der Waals surface area contributed by atoms with Crippen molar-refractivity contribution in [3.63, 3.8) is 0 Å². The fourth-order valence-corrected chi connectivity index (χ4v) is 2.22. The van der Waals surface area contributed by atoms with Crippen molar-refractivity contribution in [1.29, 1.82) is 0 Å². The molecule has 1 heterocycles. The SMILES string of the molecule is COC(=O)N1CC2(CC(O)C2)C1. The number of carbonyl (C=O) groups is 1. The van der Waals surface area contributed by atoms with Crippen LogP contribution >= 0.6 is 0 Å². The summed E-state index contributed by atoms with van der Waals surface area (Å²) in [6.45, 7) is 1.52. The summed E-state index contributed by atoms with van der Waals surface area (Å²) in [4.78, 5) is 12.6. The van der Waals surface area contributed by atoms with Crippen LogP contribution in [0.2, 0.25) is 0 Å². The first-order valence-corrected chi connectivity index (χ1v) is 4.16. The first-order chi connectivity index (χ1) is 5.65. The van der Waals surface area contributed by atoms with Gasteiger partial charge in [-0.25, -0.2) is 4.79 Å². The molecule has 0 radical (unpaired) electrons. The van der Waals surface area contributed by atoms with E-state index in [1.54, 1.807) is 4.90 Å². The normalized spacial score (nSPS) is 26.3. The third-order valence-electron chi connectivity index (χ3n) is 2.82. The predicted octanol–water partition coefficient (Wildman–Crippen LogP) is 0.210. The van der Waals surface area contributed by atoms with Gasteiger partial charge in [-0.05, 0) is 12.8 Å². The van der Waals surface area contributed by atoms with Gasteiger partial charge in [0.05, 0.1) is 13.2 Å². The number of ether oxygens (including phenoxy) is 1. The highest BCUT2D eigenvalue weighted by molar-refractivity contribution is 5.68. The van der Waals surface area contributed by atoms with Crippen LogP contribution in [0.4, 0.5) is 4.79 Å². The maximum absolute atomic E-state index is 10.9. The molecule has 0 aromatic heterocycles. The number of aliphatic hydroxyl groups excluding tert-OH is 1. The molecular weight excluding hydrogens is 158 g/mol. The molecule has 2 rings (SSSR count). The van der Waals surface area contributed by atoms with Crippen molar-refractivity contribution < 1.29 is 14.6 Å². The topological polar surface area (TPSA) is 49.8 Å². The summed E-state index contributed by atoms with van der Waals surface area (Å²) in [5, 5.41) is 9.10. The van der Waals surface area contributed by atoms with Gasteiger partial charge in [0, 0.05) is 18.5 Å². The van der Waals surface area contributed by atoms with E-state index >= 15 is 0 Å². The number of rotatable bonds is 0. The molecule has 0 bridgehead atoms. The molecule has 68 valence electrons. The fraction of sp³-hybridized carbons (Fsp3) is 0.875. The molecule has 4 heteroatoms. The number of amides is 1. The van der Waals surface area contributed by atoms with Crippen molar-refractivity contribution in [2.45, 2.75) is 18.9 Å². The van der Waals surface area contributed by atoms with E-state index in [0.29, 0.717) is 0 Å². The molecule has 2 aliphatic rings. The Morgan fingerprint density at radius 3 is 2.58 bits per heavy atom. The van der Waals surface area contributed by atoms with E-state index in [9.17, 15) is 4.79 Å². The van der Waals surface area contributed by atoms with Gasteiger partial charge in [-0.2, -0.15) is 0 Å². The minimum atomic E-state index is -0.248. The average molecular weight is 171 g/mol. The van der Waals surface area contributed by atoms with E-state index in [2.05, 4.69) is 4.74 Å². The highest BCUT2D eigenvalue weighted by Crippen LogP contribution is 2.48. The van der Waals surface area contributed by atoms with Crippen LogP contribution in [-0.4, -0.2) is 42.4 Å². The Balaban J connectivity index is 1.81. The van der Waals surface area contributed by atoms with E-state index in [0.717, 1.165) is 25.9 Å². The molecule has 1 aliphatic heterocycles. The number of hydrogen-bond donors (Lipinski definition) is 1. The Bertz CT molecular complexity index is 202. The molecular formula is C8H13NO3. The zero-order valence-corrected chi connectivity index (χ0v) is 7.12. The van der Waals surface area contributed by atoms with Gasteiger partial charge in [0.25, 0.3) is 0 Å². The zero-order chi connectivity index (χ0) is 8.77. The minimum Gasteiger partial charge on any atom is -0.453 e. The minimum absolute atomic E-state index is 0.134. The number of nitrogens with zero attached hydrogens (tertiary/aromatic N) is 1. The summed E-state index contributed by atoms with van der Waals surface area (Å²) < 4.78 is 4.57. The fourth-order valence-electron chi connectivity index (χ4n) is 2.22. The number of methoxy groups -OCH3 is 1. The largest absolute Gasteiger partial charge is 0.453 e. The molecule has 0 aromatic carbocycles. The van der Waals surface area contributed by atoms with E-state index < -0.39 is 0 Å². The van der Waals surface area contributed by atoms with E-state index in [1.165, 1.54) is 7.11 Å². The quantitative estimate of drug-likeness (QED) is 0.566. The number of aliphatic hydroxyl groups is 1. The second-order valence-electron chi connectivity index (χ2n) is 3.89. The zero-order valence-electron chi connectivity index (χ0n) is 7.12. The Labute approximate surface area is 71.1 Å². The molecule has 4 nitrogen and oxygen atoms in total. The second-order valence-corrected chi connectivity index (χ2v) is 3.89. The molecule has 0 atom stereocenters. The monoisotopic (exact) mass is 171 g/mol. The van der Waals surface area contributed by atoms with Crippen LogP contribution in [0.5, 0.6) is 0 Å². The van der Waals surface area contributed by atoms with Crippen LogP contribution < -0.4 is 0 Å². The Hall–Kier alpha value is -0.770. The lowest BCUT2D eigenvalue weighted by atomic mass is 9.62. The van der Waals surface area contributed by atoms with Gasteiger partial charge in [-0.15, -0.1) is 0 Å². The molecule has 1 aliphatic carbocycles. The van der Waals surface area contributed by atoms with Crippen LogP contribution in [0.15, 0.2) is 0 Å². The van der Waals surface area contributed by atoms with Gasteiger partial charge in [0.15, 0.2) is 0 Å². The van der Waals surface area contributed by atoms with Crippen molar-refractivity contribution >= 4 is 6.09 Å². The average Bonchev–Trinajstić information content (AvgIpc) is 1.92. The Morgan fingerprint density at radius 1 is 1.58 bits per heavy atom. The van der Waals surface area contributed by atoms with Crippen LogP contribution in [-0.2, 0) is 4.74 Å². The molecule has 0 aromatic rings. The van der Waals surface area contributed by atoms with Gasteiger partial charge in [0.2, 0.25) is 0 Å². The summed E-state index contributed by atoms with van der Waals surface area (Å²) in [6, 6.07) is 0. The Kier molecular flexibility index (Phi) is 1.54. The summed E-state index contributed by atoms with van der Waals surface area (Å²) in [5.74, 6) is 0. The van der Waals surface area contributed by atoms with Crippen molar-refractivity contribution in [3.05, 3.63) is 0 Å². The van der Waals surface area contributed by atoms with Crippen molar-refractivity contribution in [2.24, 2.45) is 5.41 Å². The van der Waals surface area contributed by atoms with Crippen LogP contribution in [0, 0.1) is 5.41 Å². The van der Waals surface area contributed by atoms with E-state index in [4.69, 9.17) is 5.11 Å². The van der Waals surface area contributed by atoms with Crippen molar-refractivity contribution in [2.75, 3.05) is 20.2 Å². The number of likely N-dealkylation sites (tertiary alicyclic amines) is 1. The molecule has 1 saturated carbocycles. The molecule has 1 spiro atoms. The van der Waals surface area contributed by atoms with E-state index in [1.807, 2.05) is 0 Å². The van der Waals surface area contributed by atoms with Gasteiger partial charge in [-0.3, -0.25) is 0 Å². The molecule has 1 amide bonds. The van der Waals surface area contributed by atoms with Crippen molar-refractivity contribution in [1.82, 2.24) is 4.90 Å². The maximum Gasteiger partial charge on any atom is 0.409 e. The van der Waals surface area contributed by atoms with Crippen LogP contribution in [0.25, 0.3) is 0 Å². The highest BCUT2D eigenvalue weighted by atomic mass is 16.5. The van der Waals surface area contributed by atoms with Crippen LogP contribution in [0.1, 0.15) is 12.8 Å². The first kappa shape index (κ1) is 7.86. The maximum atomic E-state index is 10.9. The van der Waals surface area contributed by atoms with Gasteiger partial charge in [-0.1, -0.05) is 0 Å². The third-order valence-corrected chi connectivity index (χ3v) is 2.82. The molecule has 1 N–H and O–H groups in total. The van der Waals surface area contributed by atoms with E-state index in [-0.39, 0.29) is 17.6 Å². The summed E-state index contributed by atoms with van der Waals surface area (Å²) in [6.07, 6.45) is 1.31. The lowest BCUT2D eigenvalue weighted by Gasteiger charge is -2.56. The molecule has 0 unspecified atom stereocenters. The Morgan fingerprint density at radius 2 is 2.17 bits per heavy atom. The smallest absolute Gasteiger partial charge is 0.409 e. The lowest BCUT2D eigenvalue weighted by Crippen LogP contribution is -2.64. The summed E-state index contributed by atoms with van der Waals surface area (Å²) >= 11 is 0. The highest BCUT2D eigenvalue weighted by Gasteiger charge is 2.53. The first-order valence-electron chi connectivity index (χ1n) is 4.16.